The van der Waals surface area contributed by atoms with E-state index in [1.165, 1.54) is 18.2 Å². The molecule has 1 aliphatic heterocycles. The van der Waals surface area contributed by atoms with Gasteiger partial charge in [-0.3, -0.25) is 19.8 Å². The molecule has 1 atom stereocenters. The molecule has 0 aliphatic carbocycles. The van der Waals surface area contributed by atoms with Crippen molar-refractivity contribution in [2.24, 2.45) is 0 Å². The van der Waals surface area contributed by atoms with Gasteiger partial charge in [0.05, 0.1) is 35.8 Å². The minimum atomic E-state index is -0.928. The molecule has 1 saturated heterocycles. The number of carbonyl (C=O) groups is 1. The zero-order valence-electron chi connectivity index (χ0n) is 13.2. The highest BCUT2D eigenvalue weighted by Crippen LogP contribution is 2.30. The molecule has 1 unspecified atom stereocenters. The molecule has 9 heteroatoms. The summed E-state index contributed by atoms with van der Waals surface area (Å²) in [5.41, 5.74) is 0.670. The van der Waals surface area contributed by atoms with Gasteiger partial charge in [0.1, 0.15) is 5.69 Å². The molecule has 1 aromatic rings. The van der Waals surface area contributed by atoms with Crippen LogP contribution in [0.3, 0.4) is 0 Å². The largest absolute Gasteiger partial charge is 0.480 e. The van der Waals surface area contributed by atoms with Crippen molar-refractivity contribution in [1.82, 2.24) is 4.90 Å². The molecule has 0 saturated carbocycles. The number of benzene rings is 1. The summed E-state index contributed by atoms with van der Waals surface area (Å²) in [6.07, 6.45) is -0.270. The smallest absolute Gasteiger partial charge is 0.317 e. The molecule has 0 spiro atoms. The van der Waals surface area contributed by atoms with Crippen LogP contribution in [0.1, 0.15) is 5.56 Å². The molecule has 0 radical (unpaired) electrons. The van der Waals surface area contributed by atoms with Gasteiger partial charge in [0.25, 0.3) is 5.69 Å². The van der Waals surface area contributed by atoms with E-state index in [0.717, 1.165) is 0 Å². The van der Waals surface area contributed by atoms with Crippen molar-refractivity contribution in [1.29, 1.82) is 5.26 Å². The highest BCUT2D eigenvalue weighted by atomic mass is 16.6. The Bertz CT molecular complexity index is 672. The first-order valence-electron chi connectivity index (χ1n) is 7.36. The maximum atomic E-state index is 11.2. The highest BCUT2D eigenvalue weighted by molar-refractivity contribution is 5.69. The molecule has 1 heterocycles. The minimum Gasteiger partial charge on any atom is -0.480 e. The Morgan fingerprint density at radius 1 is 1.62 bits per heavy atom. The van der Waals surface area contributed by atoms with Crippen LogP contribution in [0.25, 0.3) is 0 Å². The summed E-state index contributed by atoms with van der Waals surface area (Å²) >= 11 is 0. The Morgan fingerprint density at radius 2 is 2.38 bits per heavy atom. The lowest BCUT2D eigenvalue weighted by Gasteiger charge is -2.35. The first-order valence-corrected chi connectivity index (χ1v) is 7.36. The van der Waals surface area contributed by atoms with Crippen molar-refractivity contribution in [3.63, 3.8) is 0 Å². The summed E-state index contributed by atoms with van der Waals surface area (Å²) in [5.74, 6) is -0.928. The van der Waals surface area contributed by atoms with Crippen molar-refractivity contribution >= 4 is 17.3 Å². The molecule has 2 rings (SSSR count). The summed E-state index contributed by atoms with van der Waals surface area (Å²) in [6.45, 7) is 1.52. The Kier molecular flexibility index (Phi) is 5.68. The van der Waals surface area contributed by atoms with Crippen molar-refractivity contribution in [3.8, 4) is 6.07 Å². The van der Waals surface area contributed by atoms with E-state index in [1.807, 2.05) is 11.0 Å². The van der Waals surface area contributed by atoms with Gasteiger partial charge < -0.3 is 14.7 Å². The third-order valence-corrected chi connectivity index (χ3v) is 3.70. The van der Waals surface area contributed by atoms with Crippen LogP contribution in [0.2, 0.25) is 0 Å². The minimum absolute atomic E-state index is 0.0615. The number of ether oxygens (including phenoxy) is 1. The van der Waals surface area contributed by atoms with E-state index < -0.39 is 10.9 Å². The molecular formula is C15H18N4O5. The average Bonchev–Trinajstić information content (AvgIpc) is 2.53. The van der Waals surface area contributed by atoms with Gasteiger partial charge in [0.2, 0.25) is 0 Å². The molecule has 128 valence electrons. The number of morpholine rings is 1. The highest BCUT2D eigenvalue weighted by Gasteiger charge is 2.27. The Hall–Kier alpha value is -2.70. The summed E-state index contributed by atoms with van der Waals surface area (Å²) in [7, 11) is 1.68. The summed E-state index contributed by atoms with van der Waals surface area (Å²) in [5, 5.41) is 29.1. The lowest BCUT2D eigenvalue weighted by atomic mass is 10.1. The number of rotatable bonds is 6. The number of hydrogen-bond acceptors (Lipinski definition) is 7. The zero-order chi connectivity index (χ0) is 17.7. The molecule has 1 fully saturated rings. The summed E-state index contributed by atoms with van der Waals surface area (Å²) < 4.78 is 5.63. The Labute approximate surface area is 138 Å². The average molecular weight is 334 g/mol. The third kappa shape index (κ3) is 4.41. The lowest BCUT2D eigenvalue weighted by Crippen LogP contribution is -2.47. The maximum Gasteiger partial charge on any atom is 0.317 e. The number of anilines is 1. The molecule has 1 N–H and O–H groups in total. The van der Waals surface area contributed by atoms with Crippen LogP contribution in [-0.4, -0.2) is 66.8 Å². The molecule has 0 bridgehead atoms. The van der Waals surface area contributed by atoms with Crippen LogP contribution >= 0.6 is 0 Å². The van der Waals surface area contributed by atoms with Crippen molar-refractivity contribution < 1.29 is 19.6 Å². The van der Waals surface area contributed by atoms with Crippen LogP contribution in [0, 0.1) is 21.4 Å². The van der Waals surface area contributed by atoms with E-state index in [1.54, 1.807) is 11.9 Å². The van der Waals surface area contributed by atoms with Gasteiger partial charge in [0, 0.05) is 25.7 Å². The molecule has 0 aromatic heterocycles. The molecule has 0 amide bonds. The van der Waals surface area contributed by atoms with Crippen molar-refractivity contribution in [2.75, 3.05) is 44.7 Å². The fourth-order valence-corrected chi connectivity index (χ4v) is 2.69. The number of nitro groups is 1. The summed E-state index contributed by atoms with van der Waals surface area (Å²) in [6, 6.07) is 6.23. The normalized spacial score (nSPS) is 17.5. The van der Waals surface area contributed by atoms with Gasteiger partial charge in [-0.15, -0.1) is 0 Å². The molecule has 1 aromatic carbocycles. The fourth-order valence-electron chi connectivity index (χ4n) is 2.69. The number of carboxylic acids is 1. The number of hydrogen-bond donors (Lipinski definition) is 1. The van der Waals surface area contributed by atoms with Crippen LogP contribution in [0.5, 0.6) is 0 Å². The van der Waals surface area contributed by atoms with Gasteiger partial charge in [-0.2, -0.15) is 5.26 Å². The molecule has 24 heavy (non-hydrogen) atoms. The molecule has 1 aliphatic rings. The molecule has 9 nitrogen and oxygen atoms in total. The fraction of sp³-hybridized carbons (Fsp3) is 0.467. The van der Waals surface area contributed by atoms with Crippen LogP contribution < -0.4 is 4.90 Å². The topological polar surface area (TPSA) is 120 Å². The van der Waals surface area contributed by atoms with Crippen molar-refractivity contribution in [2.45, 2.75) is 6.10 Å². The predicted octanol–water partition coefficient (Wildman–Crippen LogP) is 0.688. The lowest BCUT2D eigenvalue weighted by molar-refractivity contribution is -0.384. The molecular weight excluding hydrogens is 316 g/mol. The first kappa shape index (κ1) is 17.7. The third-order valence-electron chi connectivity index (χ3n) is 3.70. The van der Waals surface area contributed by atoms with E-state index in [9.17, 15) is 14.9 Å². The van der Waals surface area contributed by atoms with E-state index in [0.29, 0.717) is 37.5 Å². The standard InChI is InChI=1S/C15H18N4O5/c1-17(10-15(20)21)8-12-9-18(4-5-24-12)14-6-11(7-16)2-3-13(14)19(22)23/h2-3,6,12H,4-5,8-10H2,1H3,(H,20,21). The SMILES string of the molecule is CN(CC(=O)O)CC1CN(c2cc(C#N)ccc2[N+](=O)[O-])CCO1. The number of nitrogens with zero attached hydrogens (tertiary/aromatic N) is 4. The van der Waals surface area contributed by atoms with Crippen LogP contribution in [0.15, 0.2) is 18.2 Å². The van der Waals surface area contributed by atoms with Gasteiger partial charge in [0.15, 0.2) is 0 Å². The van der Waals surface area contributed by atoms with Crippen molar-refractivity contribution in [3.05, 3.63) is 33.9 Å². The van der Waals surface area contributed by atoms with E-state index in [4.69, 9.17) is 15.1 Å². The number of carboxylic acid groups (broad SMARTS) is 1. The first-order chi connectivity index (χ1) is 11.4. The van der Waals surface area contributed by atoms with E-state index in [-0.39, 0.29) is 18.3 Å². The van der Waals surface area contributed by atoms with Gasteiger partial charge in [-0.05, 0) is 19.2 Å². The predicted molar refractivity (Wildman–Crippen MR) is 84.9 cm³/mol. The quantitative estimate of drug-likeness (QED) is 0.596. The number of nitro benzene ring substituents is 1. The number of nitriles is 1. The maximum absolute atomic E-state index is 11.2. The Morgan fingerprint density at radius 3 is 3.00 bits per heavy atom. The second-order valence-electron chi connectivity index (χ2n) is 5.60. The zero-order valence-corrected chi connectivity index (χ0v) is 13.2. The number of likely N-dealkylation sites (N-methyl/N-ethyl adjacent to an activating group) is 1. The second-order valence-corrected chi connectivity index (χ2v) is 5.60. The summed E-state index contributed by atoms with van der Waals surface area (Å²) in [4.78, 5) is 24.9. The second kappa shape index (κ2) is 7.72. The monoisotopic (exact) mass is 334 g/mol. The number of aliphatic carboxylic acids is 1. The van der Waals surface area contributed by atoms with E-state index in [2.05, 4.69) is 0 Å². The van der Waals surface area contributed by atoms with Gasteiger partial charge >= 0.3 is 5.97 Å². The van der Waals surface area contributed by atoms with Gasteiger partial charge in [-0.1, -0.05) is 0 Å². The van der Waals surface area contributed by atoms with Crippen LogP contribution in [0.4, 0.5) is 11.4 Å². The van der Waals surface area contributed by atoms with Crippen LogP contribution in [-0.2, 0) is 9.53 Å². The van der Waals surface area contributed by atoms with Gasteiger partial charge in [-0.25, -0.2) is 0 Å². The van der Waals surface area contributed by atoms with E-state index >= 15 is 0 Å². The Balaban J connectivity index is 2.16.